The fraction of sp³-hybridized carbons (Fsp3) is 0.312. The van der Waals surface area contributed by atoms with Crippen LogP contribution in [-0.2, 0) is 20.9 Å². The summed E-state index contributed by atoms with van der Waals surface area (Å²) in [7, 11) is 1.24. The number of carbonyl (C=O) groups is 3. The fourth-order valence-electron chi connectivity index (χ4n) is 2.39. The van der Waals surface area contributed by atoms with E-state index in [-0.39, 0.29) is 43.4 Å². The standard InChI is InChI=1S/C16H20N4O5/c1-25-15(23)12-9-20(6-7-21)14(22)13(12)19-11-4-2-10(3-5-11)8-18-16(17)24/h2-5,19,21H,6-9H2,1H3,(H3,17,18,24). The summed E-state index contributed by atoms with van der Waals surface area (Å²) in [5, 5.41) is 14.4. The lowest BCUT2D eigenvalue weighted by Crippen LogP contribution is -2.31. The Kier molecular flexibility index (Phi) is 5.96. The lowest BCUT2D eigenvalue weighted by molar-refractivity contribution is -0.136. The van der Waals surface area contributed by atoms with E-state index in [9.17, 15) is 14.4 Å². The summed E-state index contributed by atoms with van der Waals surface area (Å²) >= 11 is 0. The second-order valence-electron chi connectivity index (χ2n) is 5.34. The first kappa shape index (κ1) is 18.3. The number of aliphatic hydroxyl groups excluding tert-OH is 1. The average molecular weight is 348 g/mol. The summed E-state index contributed by atoms with van der Waals surface area (Å²) in [6, 6.07) is 6.31. The molecule has 1 aliphatic rings. The van der Waals surface area contributed by atoms with Crippen molar-refractivity contribution in [3.63, 3.8) is 0 Å². The Morgan fingerprint density at radius 3 is 2.56 bits per heavy atom. The van der Waals surface area contributed by atoms with Crippen LogP contribution in [0.1, 0.15) is 5.56 Å². The molecule has 0 aliphatic carbocycles. The molecule has 134 valence electrons. The molecule has 5 N–H and O–H groups in total. The number of carbonyl (C=O) groups excluding carboxylic acids is 3. The minimum Gasteiger partial charge on any atom is -0.466 e. The topological polar surface area (TPSA) is 134 Å². The van der Waals surface area contributed by atoms with Crippen molar-refractivity contribution < 1.29 is 24.2 Å². The molecule has 0 bridgehead atoms. The van der Waals surface area contributed by atoms with Gasteiger partial charge in [-0.1, -0.05) is 12.1 Å². The second-order valence-corrected chi connectivity index (χ2v) is 5.34. The van der Waals surface area contributed by atoms with Gasteiger partial charge in [-0.05, 0) is 17.7 Å². The molecule has 1 heterocycles. The molecule has 0 saturated carbocycles. The molecule has 0 aromatic heterocycles. The van der Waals surface area contributed by atoms with Gasteiger partial charge < -0.3 is 31.1 Å². The maximum Gasteiger partial charge on any atom is 0.337 e. The average Bonchev–Trinajstić information content (AvgIpc) is 2.90. The number of anilines is 1. The van der Waals surface area contributed by atoms with E-state index in [0.29, 0.717) is 5.69 Å². The molecule has 0 radical (unpaired) electrons. The van der Waals surface area contributed by atoms with Crippen LogP contribution in [0.25, 0.3) is 0 Å². The summed E-state index contributed by atoms with van der Waals surface area (Å²) in [6.07, 6.45) is 0. The largest absolute Gasteiger partial charge is 0.466 e. The normalized spacial score (nSPS) is 13.8. The zero-order valence-corrected chi connectivity index (χ0v) is 13.7. The van der Waals surface area contributed by atoms with Gasteiger partial charge in [-0.15, -0.1) is 0 Å². The first-order valence-electron chi connectivity index (χ1n) is 7.57. The lowest BCUT2D eigenvalue weighted by atomic mass is 10.2. The quantitative estimate of drug-likeness (QED) is 0.492. The van der Waals surface area contributed by atoms with Crippen LogP contribution >= 0.6 is 0 Å². The predicted octanol–water partition coefficient (Wildman–Crippen LogP) is -0.472. The van der Waals surface area contributed by atoms with Gasteiger partial charge in [0.1, 0.15) is 5.70 Å². The van der Waals surface area contributed by atoms with E-state index >= 15 is 0 Å². The maximum atomic E-state index is 12.4. The van der Waals surface area contributed by atoms with E-state index in [2.05, 4.69) is 10.6 Å². The molecule has 0 atom stereocenters. The van der Waals surface area contributed by atoms with Gasteiger partial charge in [-0.2, -0.15) is 0 Å². The minimum atomic E-state index is -0.615. The van der Waals surface area contributed by atoms with Crippen molar-refractivity contribution in [2.45, 2.75) is 6.54 Å². The molecule has 0 saturated heterocycles. The number of ether oxygens (including phenoxy) is 1. The van der Waals surface area contributed by atoms with E-state index in [1.165, 1.54) is 12.0 Å². The zero-order valence-electron chi connectivity index (χ0n) is 13.7. The molecule has 1 aliphatic heterocycles. The maximum absolute atomic E-state index is 12.4. The zero-order chi connectivity index (χ0) is 18.4. The number of hydrogen-bond donors (Lipinski definition) is 4. The Hall–Kier alpha value is -3.07. The Labute approximate surface area is 144 Å². The summed E-state index contributed by atoms with van der Waals surface area (Å²) in [5.41, 5.74) is 6.77. The van der Waals surface area contributed by atoms with Crippen LogP contribution in [0.2, 0.25) is 0 Å². The van der Waals surface area contributed by atoms with Crippen molar-refractivity contribution in [2.24, 2.45) is 5.73 Å². The minimum absolute atomic E-state index is 0.0784. The van der Waals surface area contributed by atoms with Crippen LogP contribution in [-0.4, -0.2) is 54.7 Å². The van der Waals surface area contributed by atoms with Crippen molar-refractivity contribution in [3.05, 3.63) is 41.1 Å². The molecule has 9 heteroatoms. The molecule has 1 aromatic carbocycles. The number of rotatable bonds is 7. The number of esters is 1. The molecule has 2 rings (SSSR count). The number of aliphatic hydroxyl groups is 1. The third-order valence-corrected chi connectivity index (χ3v) is 3.64. The van der Waals surface area contributed by atoms with Crippen molar-refractivity contribution in [1.82, 2.24) is 10.2 Å². The van der Waals surface area contributed by atoms with Gasteiger partial charge in [0.25, 0.3) is 5.91 Å². The third-order valence-electron chi connectivity index (χ3n) is 3.64. The smallest absolute Gasteiger partial charge is 0.337 e. The first-order chi connectivity index (χ1) is 12.0. The van der Waals surface area contributed by atoms with Crippen LogP contribution in [0.4, 0.5) is 10.5 Å². The summed E-state index contributed by atoms with van der Waals surface area (Å²) in [4.78, 5) is 36.4. The van der Waals surface area contributed by atoms with E-state index in [1.807, 2.05) is 0 Å². The molecule has 0 spiro atoms. The number of urea groups is 1. The monoisotopic (exact) mass is 348 g/mol. The van der Waals surface area contributed by atoms with Gasteiger partial charge in [0.2, 0.25) is 0 Å². The highest BCUT2D eigenvalue weighted by atomic mass is 16.5. The Balaban J connectivity index is 2.16. The summed E-state index contributed by atoms with van der Waals surface area (Å²) in [6.45, 7) is 0.293. The molecule has 0 fully saturated rings. The van der Waals surface area contributed by atoms with Gasteiger partial charge >= 0.3 is 12.0 Å². The number of primary amides is 1. The number of nitrogens with two attached hydrogens (primary N) is 1. The lowest BCUT2D eigenvalue weighted by Gasteiger charge is -2.15. The molecule has 1 aromatic rings. The Morgan fingerprint density at radius 1 is 1.32 bits per heavy atom. The molecule has 25 heavy (non-hydrogen) atoms. The SMILES string of the molecule is COC(=O)C1=C(Nc2ccc(CNC(N)=O)cc2)C(=O)N(CCO)C1. The number of methoxy groups -OCH3 is 1. The van der Waals surface area contributed by atoms with Crippen LogP contribution in [0.5, 0.6) is 0 Å². The number of nitrogens with zero attached hydrogens (tertiary/aromatic N) is 1. The van der Waals surface area contributed by atoms with Crippen molar-refractivity contribution in [1.29, 1.82) is 0 Å². The van der Waals surface area contributed by atoms with E-state index < -0.39 is 12.0 Å². The second kappa shape index (κ2) is 8.15. The summed E-state index contributed by atoms with van der Waals surface area (Å²) in [5.74, 6) is -0.979. The van der Waals surface area contributed by atoms with Gasteiger partial charge in [-0.3, -0.25) is 4.79 Å². The number of nitrogens with one attached hydrogen (secondary N) is 2. The molecular formula is C16H20N4O5. The van der Waals surface area contributed by atoms with Crippen molar-refractivity contribution >= 4 is 23.6 Å². The van der Waals surface area contributed by atoms with Gasteiger partial charge in [-0.25, -0.2) is 9.59 Å². The van der Waals surface area contributed by atoms with Gasteiger partial charge in [0, 0.05) is 18.8 Å². The number of amides is 3. The van der Waals surface area contributed by atoms with Gasteiger partial charge in [0.15, 0.2) is 0 Å². The van der Waals surface area contributed by atoms with Crippen LogP contribution < -0.4 is 16.4 Å². The molecule has 9 nitrogen and oxygen atoms in total. The highest BCUT2D eigenvalue weighted by Gasteiger charge is 2.34. The van der Waals surface area contributed by atoms with Crippen molar-refractivity contribution in [2.75, 3.05) is 32.1 Å². The van der Waals surface area contributed by atoms with Crippen LogP contribution in [0, 0.1) is 0 Å². The van der Waals surface area contributed by atoms with Crippen LogP contribution in [0.15, 0.2) is 35.5 Å². The number of hydrogen-bond acceptors (Lipinski definition) is 6. The number of benzene rings is 1. The highest BCUT2D eigenvalue weighted by molar-refractivity contribution is 6.08. The van der Waals surface area contributed by atoms with E-state index in [1.54, 1.807) is 24.3 Å². The van der Waals surface area contributed by atoms with Gasteiger partial charge in [0.05, 0.1) is 25.8 Å². The van der Waals surface area contributed by atoms with E-state index in [4.69, 9.17) is 15.6 Å². The van der Waals surface area contributed by atoms with E-state index in [0.717, 1.165) is 5.56 Å². The highest BCUT2D eigenvalue weighted by Crippen LogP contribution is 2.22. The fourth-order valence-corrected chi connectivity index (χ4v) is 2.39. The Morgan fingerprint density at radius 2 is 2.00 bits per heavy atom. The summed E-state index contributed by atoms with van der Waals surface area (Å²) < 4.78 is 4.72. The predicted molar refractivity (Wildman–Crippen MR) is 89.2 cm³/mol. The third kappa shape index (κ3) is 4.48. The molecule has 0 unspecified atom stereocenters. The van der Waals surface area contributed by atoms with Crippen molar-refractivity contribution in [3.8, 4) is 0 Å². The number of β-amino-alcohol motifs (C(OH)–C–C–N with tert-alkyl or cyclic N) is 1. The molecular weight excluding hydrogens is 328 g/mol. The van der Waals surface area contributed by atoms with Crippen LogP contribution in [0.3, 0.4) is 0 Å². The molecule has 3 amide bonds. The Bertz CT molecular complexity index is 699. The first-order valence-corrected chi connectivity index (χ1v) is 7.57.